The summed E-state index contributed by atoms with van der Waals surface area (Å²) in [5.41, 5.74) is 0.0700. The summed E-state index contributed by atoms with van der Waals surface area (Å²) in [5.74, 6) is -1.12. The van der Waals surface area contributed by atoms with Gasteiger partial charge in [0.05, 0.1) is 0 Å². The fraction of sp³-hybridized carbons (Fsp3) is 0.833. The molecule has 1 aliphatic carbocycles. The molecule has 0 aromatic heterocycles. The first-order valence-electron chi connectivity index (χ1n) is 5.95. The van der Waals surface area contributed by atoms with E-state index in [0.29, 0.717) is 6.42 Å². The van der Waals surface area contributed by atoms with Gasteiger partial charge in [0, 0.05) is 6.42 Å². The van der Waals surface area contributed by atoms with E-state index >= 15 is 0 Å². The standard InChI is InChI=1S/C12H21NO3/c1-9(11(15)16)13-10(14)8-12(2)6-4-3-5-7-12/h9H,3-8H2,1-2H3,(H,13,14)(H,15,16)/t9-/m1/s1. The van der Waals surface area contributed by atoms with Crippen LogP contribution in [-0.4, -0.2) is 23.0 Å². The average Bonchev–Trinajstić information content (AvgIpc) is 2.17. The Kier molecular flexibility index (Phi) is 4.33. The second-order valence-corrected chi connectivity index (χ2v) is 5.18. The Morgan fingerprint density at radius 2 is 1.88 bits per heavy atom. The molecule has 0 aromatic carbocycles. The van der Waals surface area contributed by atoms with E-state index in [1.807, 2.05) is 0 Å². The summed E-state index contributed by atoms with van der Waals surface area (Å²) >= 11 is 0. The van der Waals surface area contributed by atoms with Crippen molar-refractivity contribution < 1.29 is 14.7 Å². The number of rotatable bonds is 4. The zero-order valence-corrected chi connectivity index (χ0v) is 10.1. The molecule has 0 saturated heterocycles. The van der Waals surface area contributed by atoms with Crippen LogP contribution in [0.15, 0.2) is 0 Å². The Balaban J connectivity index is 2.41. The van der Waals surface area contributed by atoms with Crippen molar-refractivity contribution in [2.24, 2.45) is 5.41 Å². The first-order valence-corrected chi connectivity index (χ1v) is 5.95. The molecule has 1 saturated carbocycles. The van der Waals surface area contributed by atoms with E-state index in [1.165, 1.54) is 26.2 Å². The van der Waals surface area contributed by atoms with Gasteiger partial charge >= 0.3 is 5.97 Å². The lowest BCUT2D eigenvalue weighted by Gasteiger charge is -2.33. The highest BCUT2D eigenvalue weighted by atomic mass is 16.4. The van der Waals surface area contributed by atoms with Crippen LogP contribution in [0, 0.1) is 5.41 Å². The lowest BCUT2D eigenvalue weighted by Crippen LogP contribution is -2.40. The third-order valence-electron chi connectivity index (χ3n) is 3.40. The van der Waals surface area contributed by atoms with Gasteiger partial charge in [-0.25, -0.2) is 0 Å². The largest absolute Gasteiger partial charge is 0.480 e. The van der Waals surface area contributed by atoms with Crippen LogP contribution >= 0.6 is 0 Å². The Labute approximate surface area is 96.4 Å². The van der Waals surface area contributed by atoms with Crippen LogP contribution in [0.4, 0.5) is 0 Å². The predicted octanol–water partition coefficient (Wildman–Crippen LogP) is 1.94. The molecule has 1 rings (SSSR count). The Morgan fingerprint density at radius 1 is 1.31 bits per heavy atom. The van der Waals surface area contributed by atoms with E-state index in [1.54, 1.807) is 0 Å². The number of carboxylic acid groups (broad SMARTS) is 1. The second-order valence-electron chi connectivity index (χ2n) is 5.18. The molecule has 1 aliphatic rings. The lowest BCUT2D eigenvalue weighted by atomic mass is 9.73. The second kappa shape index (κ2) is 5.32. The van der Waals surface area contributed by atoms with Crippen molar-refractivity contribution in [1.29, 1.82) is 0 Å². The van der Waals surface area contributed by atoms with Crippen molar-refractivity contribution in [2.45, 2.75) is 58.4 Å². The summed E-state index contributed by atoms with van der Waals surface area (Å²) in [4.78, 5) is 22.2. The lowest BCUT2D eigenvalue weighted by molar-refractivity contribution is -0.141. The highest BCUT2D eigenvalue weighted by Crippen LogP contribution is 2.38. The van der Waals surface area contributed by atoms with Crippen LogP contribution in [0.3, 0.4) is 0 Å². The molecule has 4 nitrogen and oxygen atoms in total. The van der Waals surface area contributed by atoms with Gasteiger partial charge in [-0.2, -0.15) is 0 Å². The van der Waals surface area contributed by atoms with E-state index in [4.69, 9.17) is 5.11 Å². The molecule has 1 amide bonds. The minimum absolute atomic E-state index is 0.0700. The smallest absolute Gasteiger partial charge is 0.325 e. The molecule has 0 unspecified atom stereocenters. The first kappa shape index (κ1) is 13.0. The number of hydrogen-bond acceptors (Lipinski definition) is 2. The summed E-state index contributed by atoms with van der Waals surface area (Å²) in [5, 5.41) is 11.2. The molecule has 0 bridgehead atoms. The van der Waals surface area contributed by atoms with Crippen molar-refractivity contribution in [2.75, 3.05) is 0 Å². The van der Waals surface area contributed by atoms with Crippen molar-refractivity contribution in [3.05, 3.63) is 0 Å². The van der Waals surface area contributed by atoms with E-state index in [-0.39, 0.29) is 11.3 Å². The van der Waals surface area contributed by atoms with Crippen LogP contribution in [-0.2, 0) is 9.59 Å². The first-order chi connectivity index (χ1) is 7.43. The van der Waals surface area contributed by atoms with Gasteiger partial charge in [-0.05, 0) is 25.2 Å². The summed E-state index contributed by atoms with van der Waals surface area (Å²) < 4.78 is 0. The molecule has 2 N–H and O–H groups in total. The van der Waals surface area contributed by atoms with E-state index < -0.39 is 12.0 Å². The molecule has 0 aromatic rings. The number of carbonyl (C=O) groups is 2. The fourth-order valence-corrected chi connectivity index (χ4v) is 2.32. The number of carbonyl (C=O) groups excluding carboxylic acids is 1. The van der Waals surface area contributed by atoms with Crippen LogP contribution in [0.5, 0.6) is 0 Å². The summed E-state index contributed by atoms with van der Waals surface area (Å²) in [6.45, 7) is 3.61. The topological polar surface area (TPSA) is 66.4 Å². The molecule has 0 aliphatic heterocycles. The Bertz CT molecular complexity index is 269. The van der Waals surface area contributed by atoms with Crippen LogP contribution < -0.4 is 5.32 Å². The fourth-order valence-electron chi connectivity index (χ4n) is 2.32. The number of aliphatic carboxylic acids is 1. The van der Waals surface area contributed by atoms with Gasteiger partial charge in [0.15, 0.2) is 0 Å². The Hall–Kier alpha value is -1.06. The van der Waals surface area contributed by atoms with Gasteiger partial charge in [-0.1, -0.05) is 26.2 Å². The third kappa shape index (κ3) is 3.83. The number of carboxylic acids is 1. The molecule has 0 heterocycles. The zero-order chi connectivity index (χ0) is 12.2. The van der Waals surface area contributed by atoms with Gasteiger partial charge in [-0.15, -0.1) is 0 Å². The average molecular weight is 227 g/mol. The molecular weight excluding hydrogens is 206 g/mol. The van der Waals surface area contributed by atoms with Crippen LogP contribution in [0.25, 0.3) is 0 Å². The third-order valence-corrected chi connectivity index (χ3v) is 3.40. The molecule has 1 atom stereocenters. The molecule has 0 spiro atoms. The van der Waals surface area contributed by atoms with Crippen molar-refractivity contribution in [3.8, 4) is 0 Å². The zero-order valence-electron chi connectivity index (χ0n) is 10.1. The molecule has 1 fully saturated rings. The quantitative estimate of drug-likeness (QED) is 0.771. The highest BCUT2D eigenvalue weighted by molar-refractivity contribution is 5.83. The SMILES string of the molecule is C[C@@H](NC(=O)CC1(C)CCCCC1)C(=O)O. The van der Waals surface area contributed by atoms with Gasteiger partial charge in [-0.3, -0.25) is 9.59 Å². The van der Waals surface area contributed by atoms with Crippen LogP contribution in [0.2, 0.25) is 0 Å². The summed E-state index contributed by atoms with van der Waals surface area (Å²) in [6.07, 6.45) is 6.20. The highest BCUT2D eigenvalue weighted by Gasteiger charge is 2.30. The number of amides is 1. The molecule has 0 radical (unpaired) electrons. The number of hydrogen-bond donors (Lipinski definition) is 2. The maximum absolute atomic E-state index is 11.7. The maximum atomic E-state index is 11.7. The van der Waals surface area contributed by atoms with Crippen molar-refractivity contribution >= 4 is 11.9 Å². The van der Waals surface area contributed by atoms with Crippen molar-refractivity contribution in [3.63, 3.8) is 0 Å². The van der Waals surface area contributed by atoms with Gasteiger partial charge in [0.25, 0.3) is 0 Å². The minimum Gasteiger partial charge on any atom is -0.480 e. The molecule has 92 valence electrons. The van der Waals surface area contributed by atoms with Crippen molar-refractivity contribution in [1.82, 2.24) is 5.32 Å². The number of nitrogens with one attached hydrogen (secondary N) is 1. The minimum atomic E-state index is -0.984. The summed E-state index contributed by atoms with van der Waals surface area (Å²) in [7, 11) is 0. The van der Waals surface area contributed by atoms with Gasteiger partial charge < -0.3 is 10.4 Å². The molecule has 16 heavy (non-hydrogen) atoms. The monoisotopic (exact) mass is 227 g/mol. The normalized spacial score (nSPS) is 21.1. The summed E-state index contributed by atoms with van der Waals surface area (Å²) in [6, 6.07) is -0.792. The van der Waals surface area contributed by atoms with E-state index in [0.717, 1.165) is 12.8 Å². The molecular formula is C12H21NO3. The predicted molar refractivity (Wildman–Crippen MR) is 61.0 cm³/mol. The van der Waals surface area contributed by atoms with Crippen LogP contribution in [0.1, 0.15) is 52.4 Å². The van der Waals surface area contributed by atoms with E-state index in [9.17, 15) is 9.59 Å². The Morgan fingerprint density at radius 3 is 2.38 bits per heavy atom. The maximum Gasteiger partial charge on any atom is 0.325 e. The molecule has 4 heteroatoms. The van der Waals surface area contributed by atoms with Gasteiger partial charge in [0.2, 0.25) is 5.91 Å². The van der Waals surface area contributed by atoms with E-state index in [2.05, 4.69) is 12.2 Å². The van der Waals surface area contributed by atoms with Gasteiger partial charge in [0.1, 0.15) is 6.04 Å².